The summed E-state index contributed by atoms with van der Waals surface area (Å²) in [6.45, 7) is 5.71. The zero-order chi connectivity index (χ0) is 66.0. The van der Waals surface area contributed by atoms with Gasteiger partial charge in [-0.05, 0) is 96.3 Å². The third-order valence-electron chi connectivity index (χ3n) is 17.8. The van der Waals surface area contributed by atoms with Gasteiger partial charge in [-0.2, -0.15) is 0 Å². The summed E-state index contributed by atoms with van der Waals surface area (Å²) in [5.74, 6) is -1.20. The van der Waals surface area contributed by atoms with E-state index in [9.17, 15) is 35.1 Å². The fourth-order valence-electron chi connectivity index (χ4n) is 11.8. The lowest BCUT2D eigenvalue weighted by molar-refractivity contribution is -0.305. The van der Waals surface area contributed by atoms with E-state index in [1.54, 1.807) is 6.08 Å². The minimum Gasteiger partial charge on any atom is -0.454 e. The van der Waals surface area contributed by atoms with E-state index in [0.29, 0.717) is 12.8 Å². The lowest BCUT2D eigenvalue weighted by atomic mass is 9.99. The third kappa shape index (κ3) is 53.7. The van der Waals surface area contributed by atoms with Gasteiger partial charge in [0.25, 0.3) is 0 Å². The van der Waals surface area contributed by atoms with E-state index in [-0.39, 0.29) is 19.4 Å². The Labute approximate surface area is 559 Å². The molecule has 0 saturated carbocycles. The van der Waals surface area contributed by atoms with Gasteiger partial charge in [0.1, 0.15) is 24.4 Å². The molecule has 91 heavy (non-hydrogen) atoms. The molecule has 0 bridgehead atoms. The largest absolute Gasteiger partial charge is 0.454 e. The number of allylic oxidation sites excluding steroid dienone is 13. The van der Waals surface area contributed by atoms with E-state index >= 15 is 0 Å². The summed E-state index contributed by atoms with van der Waals surface area (Å²) >= 11 is 0. The van der Waals surface area contributed by atoms with Crippen molar-refractivity contribution in [3.05, 3.63) is 85.1 Å². The molecular formula is C80H143NO10. The number of esters is 1. The molecule has 1 amide bonds. The minimum atomic E-state index is -1.62. The first-order valence-corrected chi connectivity index (χ1v) is 38.4. The van der Waals surface area contributed by atoms with Crippen molar-refractivity contribution in [1.82, 2.24) is 5.32 Å². The van der Waals surface area contributed by atoms with Crippen LogP contribution < -0.4 is 5.32 Å². The van der Waals surface area contributed by atoms with Crippen molar-refractivity contribution in [3.63, 3.8) is 0 Å². The van der Waals surface area contributed by atoms with Crippen LogP contribution in [-0.2, 0) is 23.8 Å². The molecule has 11 nitrogen and oxygen atoms in total. The molecule has 528 valence electrons. The molecule has 0 radical (unpaired) electrons. The van der Waals surface area contributed by atoms with Crippen molar-refractivity contribution in [3.8, 4) is 0 Å². The maximum absolute atomic E-state index is 13.5. The van der Waals surface area contributed by atoms with Crippen molar-refractivity contribution in [2.75, 3.05) is 13.2 Å². The highest BCUT2D eigenvalue weighted by molar-refractivity contribution is 5.80. The molecule has 1 saturated heterocycles. The average Bonchev–Trinajstić information content (AvgIpc) is 1.05. The van der Waals surface area contributed by atoms with Gasteiger partial charge in [0.05, 0.1) is 25.4 Å². The molecule has 11 heteroatoms. The zero-order valence-corrected chi connectivity index (χ0v) is 59.0. The van der Waals surface area contributed by atoms with Crippen molar-refractivity contribution in [2.24, 2.45) is 0 Å². The lowest BCUT2D eigenvalue weighted by Crippen LogP contribution is -2.61. The summed E-state index contributed by atoms with van der Waals surface area (Å²) in [5, 5.41) is 57.4. The standard InChI is InChI=1S/C80H143NO10/c1-4-7-10-13-16-19-22-25-27-29-31-33-35-36-37-38-39-41-43-45-47-50-53-56-59-62-65-68-75(85)91-78-77(87)76(86)74(69-82)90-80(78)89-70-71(72(83)66-63-60-57-54-51-48-24-21-18-15-12-9-6-3)81-79(88)73(84)67-64-61-58-55-52-49-46-44-42-40-34-32-30-28-26-23-20-17-14-11-8-5-2/h8,11,17,20,25-28,32,34,42,44,63,66,71-74,76-78,80,82-84,86-87H,4-7,9-10,12-16,18-19,21-24,29-31,33,35-41,43,45-62,64-65,67-70H2,1-3H3,(H,81,88)/b11-8-,20-17-,27-25+,28-26-,34-32-,44-42-,66-63+. The average molecular weight is 1280 g/mol. The molecule has 8 unspecified atom stereocenters. The van der Waals surface area contributed by atoms with Gasteiger partial charge in [-0.3, -0.25) is 9.59 Å². The number of ether oxygens (including phenoxy) is 3. The predicted octanol–water partition coefficient (Wildman–Crippen LogP) is 20.4. The number of unbranched alkanes of at least 4 members (excludes halogenated alkanes) is 40. The Morgan fingerprint density at radius 3 is 1.20 bits per heavy atom. The van der Waals surface area contributed by atoms with Gasteiger partial charge in [0.2, 0.25) is 5.91 Å². The number of nitrogens with one attached hydrogen (secondary N) is 1. The van der Waals surface area contributed by atoms with Gasteiger partial charge >= 0.3 is 5.97 Å². The highest BCUT2D eigenvalue weighted by Gasteiger charge is 2.47. The normalized spacial score (nSPS) is 18.4. The molecule has 1 heterocycles. The number of rotatable bonds is 66. The SMILES string of the molecule is CC/C=C\C/C=C\C/C=C\C/C=C\C/C=C\CCCCCCCCC(O)C(=O)NC(COC1OC(CO)C(O)C(O)C1OC(=O)CCCCCCCCCCCCCCCCCCC/C=C/CCCCCCCC)C(O)/C=C/CCCCCCCCCCCCC. The summed E-state index contributed by atoms with van der Waals surface area (Å²) in [5.41, 5.74) is 0. The molecule has 0 aromatic rings. The van der Waals surface area contributed by atoms with E-state index in [4.69, 9.17) is 14.2 Å². The molecular weight excluding hydrogens is 1130 g/mol. The summed E-state index contributed by atoms with van der Waals surface area (Å²) < 4.78 is 17.7. The van der Waals surface area contributed by atoms with E-state index in [2.05, 4.69) is 99.0 Å². The molecule has 1 aliphatic heterocycles. The van der Waals surface area contributed by atoms with Crippen LogP contribution in [-0.4, -0.2) is 99.6 Å². The maximum Gasteiger partial charge on any atom is 0.306 e. The van der Waals surface area contributed by atoms with Gasteiger partial charge in [0.15, 0.2) is 12.4 Å². The van der Waals surface area contributed by atoms with E-state index in [0.717, 1.165) is 109 Å². The highest BCUT2D eigenvalue weighted by atomic mass is 16.7. The van der Waals surface area contributed by atoms with Crippen LogP contribution in [0, 0.1) is 0 Å². The van der Waals surface area contributed by atoms with Crippen molar-refractivity contribution < 1.29 is 49.3 Å². The van der Waals surface area contributed by atoms with Gasteiger partial charge in [-0.15, -0.1) is 0 Å². The van der Waals surface area contributed by atoms with Gasteiger partial charge in [-0.25, -0.2) is 0 Å². The molecule has 8 atom stereocenters. The number of carbonyl (C=O) groups excluding carboxylic acids is 2. The Bertz CT molecular complexity index is 1810. The highest BCUT2D eigenvalue weighted by Crippen LogP contribution is 2.26. The first kappa shape index (κ1) is 85.9. The summed E-state index contributed by atoms with van der Waals surface area (Å²) in [7, 11) is 0. The van der Waals surface area contributed by atoms with Crippen LogP contribution in [0.2, 0.25) is 0 Å². The minimum absolute atomic E-state index is 0.122. The number of aliphatic hydroxyl groups excluding tert-OH is 5. The number of amides is 1. The predicted molar refractivity (Wildman–Crippen MR) is 384 cm³/mol. The topological polar surface area (TPSA) is 175 Å². The third-order valence-corrected chi connectivity index (χ3v) is 17.8. The smallest absolute Gasteiger partial charge is 0.306 e. The Balaban J connectivity index is 2.54. The molecule has 6 N–H and O–H groups in total. The molecule has 0 spiro atoms. The second-order valence-corrected chi connectivity index (χ2v) is 26.4. The van der Waals surface area contributed by atoms with Crippen LogP contribution in [0.1, 0.15) is 348 Å². The maximum atomic E-state index is 13.5. The lowest BCUT2D eigenvalue weighted by Gasteiger charge is -2.41. The van der Waals surface area contributed by atoms with Gasteiger partial charge in [-0.1, -0.05) is 331 Å². The second kappa shape index (κ2) is 66.8. The fourth-order valence-corrected chi connectivity index (χ4v) is 11.8. The van der Waals surface area contributed by atoms with E-state index in [1.807, 2.05) is 6.08 Å². The Kier molecular flexibility index (Phi) is 63.1. The monoisotopic (exact) mass is 1280 g/mol. The summed E-state index contributed by atoms with van der Waals surface area (Å²) in [6, 6.07) is -1.03. The second-order valence-electron chi connectivity index (χ2n) is 26.4. The number of hydrogen-bond acceptors (Lipinski definition) is 10. The molecule has 0 aromatic heterocycles. The quantitative estimate of drug-likeness (QED) is 0.0195. The molecule has 1 rings (SSSR count). The first-order valence-electron chi connectivity index (χ1n) is 38.4. The van der Waals surface area contributed by atoms with Gasteiger partial charge < -0.3 is 45.1 Å². The molecule has 1 aliphatic rings. The number of aliphatic hydroxyl groups is 5. The Hall–Kier alpha value is -3.16. The first-order chi connectivity index (χ1) is 44.7. The molecule has 0 aromatic carbocycles. The Morgan fingerprint density at radius 1 is 0.440 bits per heavy atom. The van der Waals surface area contributed by atoms with Crippen molar-refractivity contribution >= 4 is 11.9 Å². The van der Waals surface area contributed by atoms with Crippen LogP contribution in [0.25, 0.3) is 0 Å². The number of hydrogen-bond donors (Lipinski definition) is 6. The number of carbonyl (C=O) groups is 2. The van der Waals surface area contributed by atoms with Crippen LogP contribution in [0.5, 0.6) is 0 Å². The van der Waals surface area contributed by atoms with Crippen molar-refractivity contribution in [1.29, 1.82) is 0 Å². The van der Waals surface area contributed by atoms with E-state index < -0.39 is 67.4 Å². The van der Waals surface area contributed by atoms with Crippen LogP contribution >= 0.6 is 0 Å². The molecule has 1 fully saturated rings. The molecule has 0 aliphatic carbocycles. The summed E-state index contributed by atoms with van der Waals surface area (Å²) in [4.78, 5) is 26.8. The van der Waals surface area contributed by atoms with Crippen LogP contribution in [0.15, 0.2) is 85.1 Å². The van der Waals surface area contributed by atoms with Crippen molar-refractivity contribution in [2.45, 2.75) is 397 Å². The van der Waals surface area contributed by atoms with Crippen LogP contribution in [0.3, 0.4) is 0 Å². The van der Waals surface area contributed by atoms with Crippen LogP contribution in [0.4, 0.5) is 0 Å². The van der Waals surface area contributed by atoms with E-state index in [1.165, 1.54) is 193 Å². The summed E-state index contributed by atoms with van der Waals surface area (Å²) in [6.07, 6.45) is 79.1. The zero-order valence-electron chi connectivity index (χ0n) is 59.0. The Morgan fingerprint density at radius 2 is 0.791 bits per heavy atom. The van der Waals surface area contributed by atoms with Gasteiger partial charge in [0, 0.05) is 6.42 Å². The fraction of sp³-hybridized carbons (Fsp3) is 0.800.